The standard InChI is InChI=1S/C14H28N2O.ClH/c1-12(15)8-9-14(17)16(2)11-10-13-6-4-3-5-7-13;/h12-13H,3-11,15H2,1-2H3;1H. The molecule has 18 heavy (non-hydrogen) atoms. The van der Waals surface area contributed by atoms with Gasteiger partial charge in [-0.2, -0.15) is 0 Å². The minimum absolute atomic E-state index is 0. The second-order valence-corrected chi connectivity index (χ2v) is 5.62. The van der Waals surface area contributed by atoms with E-state index in [0.29, 0.717) is 6.42 Å². The van der Waals surface area contributed by atoms with Crippen molar-refractivity contribution in [3.63, 3.8) is 0 Å². The van der Waals surface area contributed by atoms with Gasteiger partial charge in [-0.25, -0.2) is 0 Å². The SMILES string of the molecule is CC(N)CCC(=O)N(C)CCC1CCCCC1.Cl. The molecule has 1 aliphatic rings. The molecule has 0 aromatic carbocycles. The molecule has 0 bridgehead atoms. The van der Waals surface area contributed by atoms with Gasteiger partial charge < -0.3 is 10.6 Å². The monoisotopic (exact) mass is 276 g/mol. The van der Waals surface area contributed by atoms with Crippen molar-refractivity contribution in [2.45, 2.75) is 64.3 Å². The van der Waals surface area contributed by atoms with Gasteiger partial charge in [-0.1, -0.05) is 32.1 Å². The maximum Gasteiger partial charge on any atom is 0.222 e. The van der Waals surface area contributed by atoms with Crippen LogP contribution in [0.15, 0.2) is 0 Å². The third kappa shape index (κ3) is 7.22. The van der Waals surface area contributed by atoms with Gasteiger partial charge in [0.2, 0.25) is 5.91 Å². The van der Waals surface area contributed by atoms with Gasteiger partial charge in [0.1, 0.15) is 0 Å². The Morgan fingerprint density at radius 2 is 1.94 bits per heavy atom. The lowest BCUT2D eigenvalue weighted by molar-refractivity contribution is -0.130. The second-order valence-electron chi connectivity index (χ2n) is 5.62. The predicted octanol–water partition coefficient (Wildman–Crippen LogP) is 2.96. The summed E-state index contributed by atoms with van der Waals surface area (Å²) in [4.78, 5) is 13.7. The minimum atomic E-state index is 0. The highest BCUT2D eigenvalue weighted by Crippen LogP contribution is 2.26. The summed E-state index contributed by atoms with van der Waals surface area (Å²) in [6, 6.07) is 0.130. The zero-order valence-electron chi connectivity index (χ0n) is 11.9. The number of carbonyl (C=O) groups excluding carboxylic acids is 1. The van der Waals surface area contributed by atoms with Crippen LogP contribution in [0.25, 0.3) is 0 Å². The summed E-state index contributed by atoms with van der Waals surface area (Å²) in [6.45, 7) is 2.87. The molecule has 4 heteroatoms. The summed E-state index contributed by atoms with van der Waals surface area (Å²) in [7, 11) is 1.92. The number of hydrogen-bond acceptors (Lipinski definition) is 2. The molecule has 2 N–H and O–H groups in total. The molecule has 0 saturated heterocycles. The van der Waals surface area contributed by atoms with Gasteiger partial charge in [0.25, 0.3) is 0 Å². The van der Waals surface area contributed by atoms with E-state index in [1.54, 1.807) is 0 Å². The summed E-state index contributed by atoms with van der Waals surface area (Å²) >= 11 is 0. The average Bonchev–Trinajstić information content (AvgIpc) is 2.34. The number of rotatable bonds is 6. The number of hydrogen-bond donors (Lipinski definition) is 1. The number of halogens is 1. The zero-order valence-corrected chi connectivity index (χ0v) is 12.7. The van der Waals surface area contributed by atoms with Crippen LogP contribution >= 0.6 is 12.4 Å². The largest absolute Gasteiger partial charge is 0.346 e. The van der Waals surface area contributed by atoms with Crippen LogP contribution in [-0.2, 0) is 4.79 Å². The normalized spacial score (nSPS) is 17.9. The minimum Gasteiger partial charge on any atom is -0.346 e. The molecule has 0 heterocycles. The van der Waals surface area contributed by atoms with Crippen molar-refractivity contribution in [1.29, 1.82) is 0 Å². The molecule has 1 amide bonds. The summed E-state index contributed by atoms with van der Waals surface area (Å²) in [5, 5.41) is 0. The van der Waals surface area contributed by atoms with Crippen LogP contribution in [0.2, 0.25) is 0 Å². The highest BCUT2D eigenvalue weighted by molar-refractivity contribution is 5.85. The molecule has 0 aromatic heterocycles. The predicted molar refractivity (Wildman–Crippen MR) is 79.0 cm³/mol. The number of carbonyl (C=O) groups is 1. The second kappa shape index (κ2) is 9.62. The third-order valence-electron chi connectivity index (χ3n) is 3.84. The molecule has 0 radical (unpaired) electrons. The lowest BCUT2D eigenvalue weighted by Gasteiger charge is -2.24. The number of amides is 1. The van der Waals surface area contributed by atoms with Gasteiger partial charge in [-0.3, -0.25) is 4.79 Å². The molecule has 1 rings (SSSR count). The van der Waals surface area contributed by atoms with E-state index in [4.69, 9.17) is 5.73 Å². The molecule has 3 nitrogen and oxygen atoms in total. The number of nitrogens with two attached hydrogens (primary N) is 1. The highest BCUT2D eigenvalue weighted by atomic mass is 35.5. The van der Waals surface area contributed by atoms with Crippen LogP contribution in [0, 0.1) is 5.92 Å². The Morgan fingerprint density at radius 3 is 2.50 bits per heavy atom. The van der Waals surface area contributed by atoms with Crippen molar-refractivity contribution in [3.05, 3.63) is 0 Å². The van der Waals surface area contributed by atoms with Crippen LogP contribution in [0.3, 0.4) is 0 Å². The molecule has 1 aliphatic carbocycles. The summed E-state index contributed by atoms with van der Waals surface area (Å²) in [5.74, 6) is 1.10. The van der Waals surface area contributed by atoms with Crippen LogP contribution < -0.4 is 5.73 Å². The van der Waals surface area contributed by atoms with Crippen molar-refractivity contribution in [2.75, 3.05) is 13.6 Å². The Balaban J connectivity index is 0.00000289. The van der Waals surface area contributed by atoms with Crippen LogP contribution in [0.4, 0.5) is 0 Å². The van der Waals surface area contributed by atoms with Crippen molar-refractivity contribution >= 4 is 18.3 Å². The fourth-order valence-corrected chi connectivity index (χ4v) is 2.52. The van der Waals surface area contributed by atoms with Crippen LogP contribution in [-0.4, -0.2) is 30.4 Å². The van der Waals surface area contributed by atoms with Gasteiger partial charge >= 0.3 is 0 Å². The fourth-order valence-electron chi connectivity index (χ4n) is 2.52. The highest BCUT2D eigenvalue weighted by Gasteiger charge is 2.15. The van der Waals surface area contributed by atoms with Crippen molar-refractivity contribution in [2.24, 2.45) is 11.7 Å². The molecule has 0 spiro atoms. The first-order valence-electron chi connectivity index (χ1n) is 7.09. The van der Waals surface area contributed by atoms with Gasteiger partial charge in [0.15, 0.2) is 0 Å². The molecule has 0 aromatic rings. The Kier molecular flexibility index (Phi) is 9.47. The van der Waals surface area contributed by atoms with E-state index in [1.165, 1.54) is 38.5 Å². The van der Waals surface area contributed by atoms with E-state index in [-0.39, 0.29) is 24.4 Å². The zero-order chi connectivity index (χ0) is 12.7. The summed E-state index contributed by atoms with van der Waals surface area (Å²) in [5.41, 5.74) is 5.66. The Hall–Kier alpha value is -0.280. The van der Waals surface area contributed by atoms with Crippen molar-refractivity contribution < 1.29 is 4.79 Å². The topological polar surface area (TPSA) is 46.3 Å². The number of nitrogens with zero attached hydrogens (tertiary/aromatic N) is 1. The van der Waals surface area contributed by atoms with Crippen molar-refractivity contribution in [1.82, 2.24) is 4.90 Å². The molecule has 108 valence electrons. The van der Waals surface area contributed by atoms with Crippen LogP contribution in [0.1, 0.15) is 58.3 Å². The maximum atomic E-state index is 11.8. The molecule has 1 unspecified atom stereocenters. The van der Waals surface area contributed by atoms with Crippen molar-refractivity contribution in [3.8, 4) is 0 Å². The van der Waals surface area contributed by atoms with E-state index in [2.05, 4.69) is 0 Å². The van der Waals surface area contributed by atoms with E-state index in [1.807, 2.05) is 18.9 Å². The maximum absolute atomic E-state index is 11.8. The lowest BCUT2D eigenvalue weighted by Crippen LogP contribution is -2.30. The van der Waals surface area contributed by atoms with Gasteiger partial charge in [-0.15, -0.1) is 12.4 Å². The Morgan fingerprint density at radius 1 is 1.33 bits per heavy atom. The van der Waals surface area contributed by atoms with Gasteiger partial charge in [0, 0.05) is 26.1 Å². The molecule has 1 fully saturated rings. The molecule has 1 saturated carbocycles. The first-order chi connectivity index (χ1) is 8.09. The van der Waals surface area contributed by atoms with Crippen LogP contribution in [0.5, 0.6) is 0 Å². The van der Waals surface area contributed by atoms with E-state index in [9.17, 15) is 4.79 Å². The van der Waals surface area contributed by atoms with Gasteiger partial charge in [-0.05, 0) is 25.7 Å². The molecule has 1 atom stereocenters. The summed E-state index contributed by atoms with van der Waals surface area (Å²) < 4.78 is 0. The molecular formula is C14H29ClN2O. The lowest BCUT2D eigenvalue weighted by atomic mass is 9.87. The first-order valence-corrected chi connectivity index (χ1v) is 7.09. The molecular weight excluding hydrogens is 248 g/mol. The Bertz CT molecular complexity index is 228. The smallest absolute Gasteiger partial charge is 0.222 e. The summed E-state index contributed by atoms with van der Waals surface area (Å²) in [6.07, 6.45) is 9.47. The average molecular weight is 277 g/mol. The van der Waals surface area contributed by atoms with E-state index < -0.39 is 0 Å². The Labute approximate surface area is 118 Å². The van der Waals surface area contributed by atoms with E-state index >= 15 is 0 Å². The quantitative estimate of drug-likeness (QED) is 0.811. The third-order valence-corrected chi connectivity index (χ3v) is 3.84. The first kappa shape index (κ1) is 17.7. The molecule has 0 aliphatic heterocycles. The van der Waals surface area contributed by atoms with E-state index in [0.717, 1.165) is 18.9 Å². The van der Waals surface area contributed by atoms with Gasteiger partial charge in [0.05, 0.1) is 0 Å². The fraction of sp³-hybridized carbons (Fsp3) is 0.929.